The van der Waals surface area contributed by atoms with Gasteiger partial charge in [-0.1, -0.05) is 28.7 Å². The van der Waals surface area contributed by atoms with E-state index < -0.39 is 5.82 Å². The number of methoxy groups -OCH3 is 1. The number of hydrogen-bond acceptors (Lipinski definition) is 3. The minimum Gasteiger partial charge on any atom is -0.467 e. The Balaban J connectivity index is 2.27. The highest BCUT2D eigenvalue weighted by Gasteiger charge is 2.27. The van der Waals surface area contributed by atoms with Crippen molar-refractivity contribution in [2.24, 2.45) is 0 Å². The smallest absolute Gasteiger partial charge is 0.240 e. The predicted octanol–water partition coefficient (Wildman–Crippen LogP) is 2.82. The van der Waals surface area contributed by atoms with Gasteiger partial charge in [-0.3, -0.25) is 4.79 Å². The second kappa shape index (κ2) is 6.53. The Morgan fingerprint density at radius 2 is 2.25 bits per heavy atom. The van der Waals surface area contributed by atoms with E-state index in [9.17, 15) is 9.18 Å². The van der Waals surface area contributed by atoms with E-state index in [0.29, 0.717) is 23.4 Å². The minimum atomic E-state index is -0.420. The lowest BCUT2D eigenvalue weighted by Crippen LogP contribution is -2.35. The van der Waals surface area contributed by atoms with Crippen LogP contribution in [0.1, 0.15) is 12.0 Å². The van der Waals surface area contributed by atoms with Crippen LogP contribution in [0, 0.1) is 5.82 Å². The number of amides is 1. The third kappa shape index (κ3) is 3.12. The molecular weight excluding hydrogens is 376 g/mol. The monoisotopic (exact) mass is 391 g/mol. The van der Waals surface area contributed by atoms with E-state index in [0.717, 1.165) is 0 Å². The standard InChI is InChI=1S/C14H15FINO3/c1-17-13(6-5-12(16)14(17)18)10-4-3-9(7-11(10)15)20-8-19-2/h3-4,6-7,12H,5,8H2,1-2H3. The topological polar surface area (TPSA) is 38.8 Å². The Kier molecular flexibility index (Phi) is 4.98. The van der Waals surface area contributed by atoms with Crippen molar-refractivity contribution in [3.63, 3.8) is 0 Å². The van der Waals surface area contributed by atoms with Gasteiger partial charge < -0.3 is 14.4 Å². The van der Waals surface area contributed by atoms with E-state index in [4.69, 9.17) is 9.47 Å². The summed E-state index contributed by atoms with van der Waals surface area (Å²) in [5.74, 6) is -0.0381. The Morgan fingerprint density at radius 1 is 1.50 bits per heavy atom. The van der Waals surface area contributed by atoms with Crippen molar-refractivity contribution in [1.29, 1.82) is 0 Å². The number of allylic oxidation sites excluding steroid dienone is 1. The van der Waals surface area contributed by atoms with Gasteiger partial charge in [0.25, 0.3) is 0 Å². The van der Waals surface area contributed by atoms with Gasteiger partial charge in [0.05, 0.1) is 3.92 Å². The van der Waals surface area contributed by atoms with Gasteiger partial charge in [0.2, 0.25) is 5.91 Å². The third-order valence-corrected chi connectivity index (χ3v) is 4.08. The van der Waals surface area contributed by atoms with Crippen LogP contribution >= 0.6 is 22.6 Å². The van der Waals surface area contributed by atoms with Gasteiger partial charge >= 0.3 is 0 Å². The Bertz CT molecular complexity index is 547. The molecule has 6 heteroatoms. The fourth-order valence-corrected chi connectivity index (χ4v) is 2.66. The Morgan fingerprint density at radius 3 is 2.90 bits per heavy atom. The highest BCUT2D eigenvalue weighted by atomic mass is 127. The van der Waals surface area contributed by atoms with Crippen LogP contribution in [-0.2, 0) is 9.53 Å². The van der Waals surface area contributed by atoms with Crippen LogP contribution in [0.2, 0.25) is 0 Å². The maximum absolute atomic E-state index is 14.2. The molecule has 1 heterocycles. The van der Waals surface area contributed by atoms with E-state index in [1.807, 2.05) is 6.08 Å². The van der Waals surface area contributed by atoms with Crippen LogP contribution in [0.25, 0.3) is 5.70 Å². The number of carbonyl (C=O) groups is 1. The van der Waals surface area contributed by atoms with Crippen LogP contribution in [-0.4, -0.2) is 35.7 Å². The summed E-state index contributed by atoms with van der Waals surface area (Å²) in [6.45, 7) is 0.0659. The number of ether oxygens (including phenoxy) is 2. The Hall–Kier alpha value is -1.15. The van der Waals surface area contributed by atoms with Gasteiger partial charge in [-0.2, -0.15) is 0 Å². The van der Waals surface area contributed by atoms with Gasteiger partial charge in [0.15, 0.2) is 6.79 Å². The van der Waals surface area contributed by atoms with Gasteiger partial charge in [-0.05, 0) is 18.6 Å². The van der Waals surface area contributed by atoms with Crippen molar-refractivity contribution in [3.05, 3.63) is 35.7 Å². The molecule has 0 N–H and O–H groups in total. The minimum absolute atomic E-state index is 0.0118. The van der Waals surface area contributed by atoms with Crippen LogP contribution in [0.5, 0.6) is 5.75 Å². The average molecular weight is 391 g/mol. The molecule has 0 fully saturated rings. The third-order valence-electron chi connectivity index (χ3n) is 3.04. The van der Waals surface area contributed by atoms with Crippen molar-refractivity contribution in [2.45, 2.75) is 10.3 Å². The number of carbonyl (C=O) groups excluding carboxylic acids is 1. The second-order valence-corrected chi connectivity index (χ2v) is 5.89. The molecule has 0 saturated heterocycles. The summed E-state index contributed by atoms with van der Waals surface area (Å²) in [6, 6.07) is 4.57. The Labute approximate surface area is 130 Å². The quantitative estimate of drug-likeness (QED) is 0.450. The zero-order valence-electron chi connectivity index (χ0n) is 11.2. The van der Waals surface area contributed by atoms with E-state index in [1.54, 1.807) is 19.2 Å². The zero-order chi connectivity index (χ0) is 14.7. The van der Waals surface area contributed by atoms with Gasteiger partial charge in [-0.15, -0.1) is 0 Å². The first kappa shape index (κ1) is 15.2. The summed E-state index contributed by atoms with van der Waals surface area (Å²) in [5, 5.41) is 0. The van der Waals surface area contributed by atoms with Gasteiger partial charge in [0, 0.05) is 31.5 Å². The molecule has 4 nitrogen and oxygen atoms in total. The number of nitrogens with zero attached hydrogens (tertiary/aromatic N) is 1. The molecule has 108 valence electrons. The lowest BCUT2D eigenvalue weighted by molar-refractivity contribution is -0.126. The number of rotatable bonds is 4. The molecule has 1 aromatic rings. The van der Waals surface area contributed by atoms with E-state index in [2.05, 4.69) is 22.6 Å². The van der Waals surface area contributed by atoms with Crippen molar-refractivity contribution < 1.29 is 18.7 Å². The van der Waals surface area contributed by atoms with Crippen molar-refractivity contribution in [2.75, 3.05) is 21.0 Å². The van der Waals surface area contributed by atoms with Crippen LogP contribution in [0.3, 0.4) is 0 Å². The van der Waals surface area contributed by atoms with E-state index in [-0.39, 0.29) is 16.6 Å². The molecule has 0 saturated carbocycles. The molecule has 1 aromatic carbocycles. The lowest BCUT2D eigenvalue weighted by Gasteiger charge is -2.28. The summed E-state index contributed by atoms with van der Waals surface area (Å²) in [6.07, 6.45) is 2.49. The van der Waals surface area contributed by atoms with Crippen molar-refractivity contribution in [3.8, 4) is 5.75 Å². The molecular formula is C14H15FINO3. The summed E-state index contributed by atoms with van der Waals surface area (Å²) in [4.78, 5) is 13.4. The fraction of sp³-hybridized carbons (Fsp3) is 0.357. The number of alkyl halides is 1. The molecule has 0 bridgehead atoms. The van der Waals surface area contributed by atoms with Crippen molar-refractivity contribution >= 4 is 34.2 Å². The predicted molar refractivity (Wildman–Crippen MR) is 82.1 cm³/mol. The van der Waals surface area contributed by atoms with E-state index >= 15 is 0 Å². The maximum atomic E-state index is 14.2. The molecule has 1 aliphatic rings. The molecule has 2 rings (SSSR count). The van der Waals surface area contributed by atoms with Crippen LogP contribution in [0.15, 0.2) is 24.3 Å². The van der Waals surface area contributed by atoms with E-state index in [1.165, 1.54) is 18.1 Å². The summed E-state index contributed by atoms with van der Waals surface area (Å²) >= 11 is 2.09. The summed E-state index contributed by atoms with van der Waals surface area (Å²) < 4.78 is 24.0. The molecule has 1 atom stereocenters. The highest BCUT2D eigenvalue weighted by molar-refractivity contribution is 14.1. The molecule has 1 amide bonds. The largest absolute Gasteiger partial charge is 0.467 e. The SMILES string of the molecule is COCOc1ccc(C2=CCC(I)C(=O)N2C)c(F)c1. The fourth-order valence-electron chi connectivity index (χ4n) is 1.99. The first-order chi connectivity index (χ1) is 9.54. The average Bonchev–Trinajstić information content (AvgIpc) is 2.44. The first-order valence-corrected chi connectivity index (χ1v) is 7.32. The van der Waals surface area contributed by atoms with Gasteiger partial charge in [0.1, 0.15) is 11.6 Å². The number of benzene rings is 1. The van der Waals surface area contributed by atoms with Gasteiger partial charge in [-0.25, -0.2) is 4.39 Å². The first-order valence-electron chi connectivity index (χ1n) is 6.08. The molecule has 0 aliphatic carbocycles. The second-order valence-electron chi connectivity index (χ2n) is 4.38. The maximum Gasteiger partial charge on any atom is 0.240 e. The summed E-state index contributed by atoms with van der Waals surface area (Å²) in [7, 11) is 3.16. The molecule has 0 aromatic heterocycles. The van der Waals surface area contributed by atoms with Crippen LogP contribution < -0.4 is 4.74 Å². The summed E-state index contributed by atoms with van der Waals surface area (Å²) in [5.41, 5.74) is 0.993. The van der Waals surface area contributed by atoms with Crippen LogP contribution in [0.4, 0.5) is 4.39 Å². The number of hydrogen-bond donors (Lipinski definition) is 0. The van der Waals surface area contributed by atoms with Crippen molar-refractivity contribution in [1.82, 2.24) is 4.90 Å². The normalized spacial score (nSPS) is 19.0. The molecule has 20 heavy (non-hydrogen) atoms. The molecule has 1 aliphatic heterocycles. The highest BCUT2D eigenvalue weighted by Crippen LogP contribution is 2.30. The molecule has 1 unspecified atom stereocenters. The zero-order valence-corrected chi connectivity index (χ0v) is 13.4. The lowest BCUT2D eigenvalue weighted by atomic mass is 10.0. The number of halogens is 2. The molecule has 0 spiro atoms. The molecule has 0 radical (unpaired) electrons.